The molecule has 0 atom stereocenters. The van der Waals surface area contributed by atoms with Crippen LogP contribution in [-0.2, 0) is 14.3 Å². The molecule has 3 aromatic carbocycles. The van der Waals surface area contributed by atoms with E-state index >= 15 is 0 Å². The molecule has 0 fully saturated rings. The van der Waals surface area contributed by atoms with Gasteiger partial charge in [-0.05, 0) is 72.6 Å². The van der Waals surface area contributed by atoms with Crippen LogP contribution >= 0.6 is 0 Å². The van der Waals surface area contributed by atoms with E-state index < -0.39 is 0 Å². The molecule has 0 bridgehead atoms. The van der Waals surface area contributed by atoms with Crippen LogP contribution in [0.3, 0.4) is 0 Å². The smallest absolute Gasteiger partial charge is 0.248 e. The summed E-state index contributed by atoms with van der Waals surface area (Å²) in [5.41, 5.74) is 5.61. The Balaban J connectivity index is 1.57. The zero-order chi connectivity index (χ0) is 28.7. The van der Waals surface area contributed by atoms with Crippen LogP contribution < -0.4 is 4.74 Å². The monoisotopic (exact) mass is 546 g/mol. The number of hydrogen-bond acceptors (Lipinski definition) is 6. The van der Waals surface area contributed by atoms with Crippen molar-refractivity contribution in [3.63, 3.8) is 0 Å². The highest BCUT2D eigenvalue weighted by Gasteiger charge is 2.14. The Hall–Kier alpha value is -3.65. The molecule has 0 aliphatic heterocycles. The summed E-state index contributed by atoms with van der Waals surface area (Å²) in [6.45, 7) is 5.37. The van der Waals surface area contributed by atoms with Gasteiger partial charge in [0.2, 0.25) is 5.91 Å². The van der Waals surface area contributed by atoms with Crippen molar-refractivity contribution >= 4 is 17.1 Å². The molecule has 214 valence electrons. The van der Waals surface area contributed by atoms with Crippen molar-refractivity contribution in [3.8, 4) is 11.5 Å². The van der Waals surface area contributed by atoms with Crippen molar-refractivity contribution in [1.29, 1.82) is 0 Å². The first-order chi connectivity index (χ1) is 19.4. The first-order valence-corrected chi connectivity index (χ1v) is 13.7. The minimum Gasteiger partial charge on any atom is -0.508 e. The Labute approximate surface area is 238 Å². The number of nitrogens with zero attached hydrogens (tertiary/aromatic N) is 2. The molecule has 0 aliphatic rings. The lowest BCUT2D eigenvalue weighted by Gasteiger charge is -2.18. The standard InChI is InChI=1S/C33H42N2O5/c1-5-31(26-9-7-6-8-10-26)33(27-11-15-29(36)16-12-27)28-13-17-30(18-14-28)40-22-20-35(4)32(37)25-39-24-23-38-21-19-34(2)3/h6-18,36H,5,19-25H2,1-4H3/b33-31-. The van der Waals surface area contributed by atoms with E-state index in [2.05, 4.69) is 36.1 Å². The summed E-state index contributed by atoms with van der Waals surface area (Å²) in [4.78, 5) is 16.0. The van der Waals surface area contributed by atoms with Gasteiger partial charge in [-0.25, -0.2) is 0 Å². The molecular formula is C33H42N2O5. The van der Waals surface area contributed by atoms with E-state index in [1.807, 2.05) is 56.6 Å². The maximum atomic E-state index is 12.3. The number of hydrogen-bond donors (Lipinski definition) is 1. The molecule has 40 heavy (non-hydrogen) atoms. The van der Waals surface area contributed by atoms with Gasteiger partial charge in [-0.15, -0.1) is 0 Å². The summed E-state index contributed by atoms with van der Waals surface area (Å²) >= 11 is 0. The van der Waals surface area contributed by atoms with Crippen molar-refractivity contribution in [2.24, 2.45) is 0 Å². The van der Waals surface area contributed by atoms with Gasteiger partial charge in [0.1, 0.15) is 24.7 Å². The number of benzene rings is 3. The SMILES string of the molecule is CC/C(=C(\c1ccc(O)cc1)c1ccc(OCCN(C)C(=O)COCCOCCN(C)C)cc1)c1ccccc1. The van der Waals surface area contributed by atoms with Crippen molar-refractivity contribution in [3.05, 3.63) is 95.6 Å². The fourth-order valence-corrected chi connectivity index (χ4v) is 4.19. The number of ether oxygens (including phenoxy) is 3. The second-order valence-corrected chi connectivity index (χ2v) is 9.78. The predicted molar refractivity (Wildman–Crippen MR) is 161 cm³/mol. The number of phenolic OH excluding ortho intramolecular Hbond substituents is 1. The molecule has 0 spiro atoms. The normalized spacial score (nSPS) is 11.8. The Morgan fingerprint density at radius 1 is 0.725 bits per heavy atom. The third-order valence-corrected chi connectivity index (χ3v) is 6.48. The summed E-state index contributed by atoms with van der Waals surface area (Å²) in [5, 5.41) is 9.84. The van der Waals surface area contributed by atoms with Gasteiger partial charge >= 0.3 is 0 Å². The van der Waals surface area contributed by atoms with Crippen LogP contribution in [-0.4, -0.2) is 88.1 Å². The van der Waals surface area contributed by atoms with Crippen LogP contribution in [0, 0.1) is 0 Å². The van der Waals surface area contributed by atoms with Gasteiger partial charge in [-0.2, -0.15) is 0 Å². The third kappa shape index (κ3) is 9.83. The molecule has 3 aromatic rings. The molecule has 7 heteroatoms. The van der Waals surface area contributed by atoms with Crippen molar-refractivity contribution < 1.29 is 24.1 Å². The molecule has 0 unspecified atom stereocenters. The first kappa shape index (κ1) is 30.9. The third-order valence-electron chi connectivity index (χ3n) is 6.48. The van der Waals surface area contributed by atoms with Gasteiger partial charge in [0.25, 0.3) is 0 Å². The number of aromatic hydroxyl groups is 1. The second kappa shape index (κ2) is 16.5. The Morgan fingerprint density at radius 2 is 1.35 bits per heavy atom. The summed E-state index contributed by atoms with van der Waals surface area (Å²) in [6.07, 6.45) is 0.853. The highest BCUT2D eigenvalue weighted by molar-refractivity contribution is 5.98. The van der Waals surface area contributed by atoms with E-state index in [0.717, 1.165) is 35.4 Å². The molecule has 0 saturated carbocycles. The van der Waals surface area contributed by atoms with Crippen LogP contribution in [0.4, 0.5) is 0 Å². The zero-order valence-corrected chi connectivity index (χ0v) is 24.1. The molecule has 1 amide bonds. The summed E-state index contributed by atoms with van der Waals surface area (Å²) in [7, 11) is 5.74. The molecule has 1 N–H and O–H groups in total. The number of carbonyl (C=O) groups excluding carboxylic acids is 1. The summed E-state index contributed by atoms with van der Waals surface area (Å²) < 4.78 is 16.8. The van der Waals surface area contributed by atoms with Crippen LogP contribution in [0.2, 0.25) is 0 Å². The number of phenols is 1. The number of carbonyl (C=O) groups is 1. The Morgan fingerprint density at radius 3 is 1.98 bits per heavy atom. The van der Waals surface area contributed by atoms with Gasteiger partial charge in [-0.1, -0.05) is 61.5 Å². The molecule has 0 saturated heterocycles. The number of rotatable bonds is 16. The lowest BCUT2D eigenvalue weighted by atomic mass is 9.88. The van der Waals surface area contributed by atoms with Crippen LogP contribution in [0.5, 0.6) is 11.5 Å². The van der Waals surface area contributed by atoms with Gasteiger partial charge in [0, 0.05) is 13.6 Å². The van der Waals surface area contributed by atoms with Crippen molar-refractivity contribution in [2.45, 2.75) is 13.3 Å². The minimum absolute atomic E-state index is 0.0236. The van der Waals surface area contributed by atoms with Gasteiger partial charge < -0.3 is 29.1 Å². The molecule has 0 heterocycles. The van der Waals surface area contributed by atoms with Gasteiger partial charge in [-0.3, -0.25) is 4.79 Å². The average Bonchev–Trinajstić information content (AvgIpc) is 2.96. The Kier molecular flexibility index (Phi) is 12.7. The molecule has 7 nitrogen and oxygen atoms in total. The van der Waals surface area contributed by atoms with Crippen LogP contribution in [0.1, 0.15) is 30.0 Å². The summed E-state index contributed by atoms with van der Waals surface area (Å²) in [6, 6.07) is 25.7. The molecular weight excluding hydrogens is 504 g/mol. The fraction of sp³-hybridized carbons (Fsp3) is 0.364. The van der Waals surface area contributed by atoms with E-state index in [4.69, 9.17) is 14.2 Å². The van der Waals surface area contributed by atoms with Crippen LogP contribution in [0.25, 0.3) is 11.1 Å². The van der Waals surface area contributed by atoms with E-state index in [1.54, 1.807) is 24.1 Å². The average molecular weight is 547 g/mol. The van der Waals surface area contributed by atoms with E-state index in [0.29, 0.717) is 33.0 Å². The molecule has 0 radical (unpaired) electrons. The highest BCUT2D eigenvalue weighted by atomic mass is 16.5. The van der Waals surface area contributed by atoms with Gasteiger partial charge in [0.05, 0.1) is 26.4 Å². The molecule has 0 aliphatic carbocycles. The van der Waals surface area contributed by atoms with Crippen molar-refractivity contribution in [2.75, 3.05) is 67.3 Å². The van der Waals surface area contributed by atoms with E-state index in [1.165, 1.54) is 11.1 Å². The number of amides is 1. The maximum absolute atomic E-state index is 12.3. The minimum atomic E-state index is -0.0936. The lowest BCUT2D eigenvalue weighted by molar-refractivity contribution is -0.135. The lowest BCUT2D eigenvalue weighted by Crippen LogP contribution is -2.34. The predicted octanol–water partition coefficient (Wildman–Crippen LogP) is 5.19. The highest BCUT2D eigenvalue weighted by Crippen LogP contribution is 2.35. The fourth-order valence-electron chi connectivity index (χ4n) is 4.19. The second-order valence-electron chi connectivity index (χ2n) is 9.78. The van der Waals surface area contributed by atoms with E-state index in [-0.39, 0.29) is 18.3 Å². The molecule has 3 rings (SSSR count). The Bertz CT molecular complexity index is 1190. The van der Waals surface area contributed by atoms with Crippen LogP contribution in [0.15, 0.2) is 78.9 Å². The maximum Gasteiger partial charge on any atom is 0.248 e. The zero-order valence-electron chi connectivity index (χ0n) is 24.1. The summed E-state index contributed by atoms with van der Waals surface area (Å²) in [5.74, 6) is 0.881. The van der Waals surface area contributed by atoms with E-state index in [9.17, 15) is 9.90 Å². The number of allylic oxidation sites excluding steroid dienone is 1. The topological polar surface area (TPSA) is 71.5 Å². The largest absolute Gasteiger partial charge is 0.508 e. The molecule has 0 aromatic heterocycles. The van der Waals surface area contributed by atoms with Gasteiger partial charge in [0.15, 0.2) is 0 Å². The number of likely N-dealkylation sites (N-methyl/N-ethyl adjacent to an activating group) is 2. The van der Waals surface area contributed by atoms with Crippen molar-refractivity contribution in [1.82, 2.24) is 9.80 Å². The quantitative estimate of drug-likeness (QED) is 0.197. The first-order valence-electron chi connectivity index (χ1n) is 13.7.